The zero-order chi connectivity index (χ0) is 15.4. The molecule has 0 aliphatic carbocycles. The molecular formula is C12H10ClN5O3. The number of aryl methyl sites for hydroxylation is 1. The van der Waals surface area contributed by atoms with Crippen LogP contribution in [0.1, 0.15) is 21.7 Å². The van der Waals surface area contributed by atoms with Crippen molar-refractivity contribution in [1.82, 2.24) is 15.6 Å². The minimum atomic E-state index is -0.593. The summed E-state index contributed by atoms with van der Waals surface area (Å²) in [5, 5.41) is 20.9. The van der Waals surface area contributed by atoms with Crippen LogP contribution in [0.5, 0.6) is 0 Å². The predicted octanol–water partition coefficient (Wildman–Crippen LogP) is 2.04. The van der Waals surface area contributed by atoms with Crippen LogP contribution in [-0.2, 0) is 0 Å². The number of nitro benzene ring substituents is 1. The van der Waals surface area contributed by atoms with Gasteiger partial charge in [-0.05, 0) is 19.1 Å². The van der Waals surface area contributed by atoms with Gasteiger partial charge in [-0.1, -0.05) is 17.7 Å². The Hall–Kier alpha value is -2.74. The van der Waals surface area contributed by atoms with E-state index in [0.717, 1.165) is 5.69 Å². The largest absolute Gasteiger partial charge is 0.291 e. The summed E-state index contributed by atoms with van der Waals surface area (Å²) >= 11 is 5.69. The molecule has 0 saturated heterocycles. The van der Waals surface area contributed by atoms with Crippen LogP contribution in [0.25, 0.3) is 0 Å². The number of carbonyl (C=O) groups is 1. The van der Waals surface area contributed by atoms with E-state index in [1.165, 1.54) is 18.3 Å². The van der Waals surface area contributed by atoms with E-state index >= 15 is 0 Å². The number of aromatic amines is 1. The Labute approximate surface area is 124 Å². The molecule has 0 bridgehead atoms. The van der Waals surface area contributed by atoms with Gasteiger partial charge in [-0.3, -0.25) is 20.0 Å². The van der Waals surface area contributed by atoms with Gasteiger partial charge in [0.25, 0.3) is 11.6 Å². The quantitative estimate of drug-likeness (QED) is 0.511. The molecule has 0 radical (unpaired) electrons. The molecule has 0 saturated carbocycles. The highest BCUT2D eigenvalue weighted by molar-refractivity contribution is 6.32. The monoisotopic (exact) mass is 307 g/mol. The molecule has 108 valence electrons. The van der Waals surface area contributed by atoms with Crippen LogP contribution >= 0.6 is 11.6 Å². The van der Waals surface area contributed by atoms with Gasteiger partial charge in [-0.25, -0.2) is 5.43 Å². The lowest BCUT2D eigenvalue weighted by molar-refractivity contribution is -0.384. The van der Waals surface area contributed by atoms with Crippen LogP contribution in [0.3, 0.4) is 0 Å². The van der Waals surface area contributed by atoms with Gasteiger partial charge < -0.3 is 0 Å². The minimum Gasteiger partial charge on any atom is -0.282 e. The fourth-order valence-corrected chi connectivity index (χ4v) is 1.69. The number of nitrogens with zero attached hydrogens (tertiary/aromatic N) is 3. The average Bonchev–Trinajstić information content (AvgIpc) is 2.87. The Morgan fingerprint density at radius 1 is 1.52 bits per heavy atom. The van der Waals surface area contributed by atoms with Gasteiger partial charge in [0.1, 0.15) is 5.02 Å². The Morgan fingerprint density at radius 3 is 2.90 bits per heavy atom. The summed E-state index contributed by atoms with van der Waals surface area (Å²) in [6.07, 6.45) is 1.28. The molecule has 0 unspecified atom stereocenters. The molecule has 8 nitrogen and oxygen atoms in total. The molecule has 1 aromatic heterocycles. The molecule has 1 heterocycles. The molecule has 9 heteroatoms. The summed E-state index contributed by atoms with van der Waals surface area (Å²) in [5.74, 6) is -0.487. The smallest absolute Gasteiger partial charge is 0.282 e. The van der Waals surface area contributed by atoms with Crippen molar-refractivity contribution in [2.45, 2.75) is 6.92 Å². The van der Waals surface area contributed by atoms with E-state index < -0.39 is 10.8 Å². The number of nitrogens with one attached hydrogen (secondary N) is 2. The third-order valence-corrected chi connectivity index (χ3v) is 2.80. The van der Waals surface area contributed by atoms with Crippen molar-refractivity contribution >= 4 is 29.4 Å². The van der Waals surface area contributed by atoms with Crippen LogP contribution in [-0.4, -0.2) is 27.2 Å². The fourth-order valence-electron chi connectivity index (χ4n) is 1.51. The van der Waals surface area contributed by atoms with Crippen LogP contribution in [0.2, 0.25) is 5.02 Å². The van der Waals surface area contributed by atoms with Gasteiger partial charge in [0.15, 0.2) is 5.69 Å². The van der Waals surface area contributed by atoms with Crippen molar-refractivity contribution < 1.29 is 9.72 Å². The van der Waals surface area contributed by atoms with Gasteiger partial charge >= 0.3 is 0 Å². The zero-order valence-electron chi connectivity index (χ0n) is 10.8. The summed E-state index contributed by atoms with van der Waals surface area (Å²) in [5.41, 5.74) is 3.43. The summed E-state index contributed by atoms with van der Waals surface area (Å²) in [7, 11) is 0. The third kappa shape index (κ3) is 3.63. The van der Waals surface area contributed by atoms with Gasteiger partial charge in [-0.2, -0.15) is 10.2 Å². The molecule has 0 aliphatic heterocycles. The molecule has 0 atom stereocenters. The molecule has 0 spiro atoms. The summed E-state index contributed by atoms with van der Waals surface area (Å²) in [6.45, 7) is 1.76. The van der Waals surface area contributed by atoms with Gasteiger partial charge in [0.05, 0.1) is 11.1 Å². The Bertz CT molecular complexity index is 725. The highest BCUT2D eigenvalue weighted by Crippen LogP contribution is 2.24. The molecule has 1 aromatic carbocycles. The number of benzene rings is 1. The topological polar surface area (TPSA) is 113 Å². The molecular weight excluding hydrogens is 298 g/mol. The van der Waals surface area contributed by atoms with Crippen molar-refractivity contribution in [3.8, 4) is 0 Å². The predicted molar refractivity (Wildman–Crippen MR) is 76.5 cm³/mol. The first-order valence-corrected chi connectivity index (χ1v) is 6.14. The SMILES string of the molecule is Cc1cc(C(=O)N/N=C/c2ccc(Cl)c([N+](=O)[O-])c2)n[nH]1. The standard InChI is InChI=1S/C12H10ClN5O3/c1-7-4-10(16-15-7)12(19)17-14-6-8-2-3-9(13)11(5-8)18(20)21/h2-6H,1H3,(H,15,16)(H,17,19)/b14-6+. The van der Waals surface area contributed by atoms with Gasteiger partial charge in [0, 0.05) is 17.3 Å². The summed E-state index contributed by atoms with van der Waals surface area (Å²) in [4.78, 5) is 21.8. The molecule has 2 N–H and O–H groups in total. The van der Waals surface area contributed by atoms with E-state index in [1.807, 2.05) is 0 Å². The van der Waals surface area contributed by atoms with Crippen molar-refractivity contribution in [2.24, 2.45) is 5.10 Å². The number of H-pyrrole nitrogens is 1. The van der Waals surface area contributed by atoms with E-state index in [-0.39, 0.29) is 16.4 Å². The number of halogens is 1. The molecule has 0 fully saturated rings. The fraction of sp³-hybridized carbons (Fsp3) is 0.0833. The van der Waals surface area contributed by atoms with E-state index in [1.54, 1.807) is 19.1 Å². The second-order valence-electron chi connectivity index (χ2n) is 4.10. The van der Waals surface area contributed by atoms with Crippen molar-refractivity contribution in [3.63, 3.8) is 0 Å². The van der Waals surface area contributed by atoms with E-state index in [0.29, 0.717) is 5.56 Å². The van der Waals surface area contributed by atoms with Crippen molar-refractivity contribution in [1.29, 1.82) is 0 Å². The van der Waals surface area contributed by atoms with Crippen molar-refractivity contribution in [2.75, 3.05) is 0 Å². The lowest BCUT2D eigenvalue weighted by atomic mass is 10.2. The normalized spacial score (nSPS) is 10.8. The molecule has 2 aromatic rings. The average molecular weight is 308 g/mol. The first kappa shape index (κ1) is 14.7. The van der Waals surface area contributed by atoms with Gasteiger partial charge in [0.2, 0.25) is 0 Å². The second-order valence-corrected chi connectivity index (χ2v) is 4.51. The van der Waals surface area contributed by atoms with Gasteiger partial charge in [-0.15, -0.1) is 0 Å². The van der Waals surface area contributed by atoms with Crippen molar-refractivity contribution in [3.05, 3.63) is 56.4 Å². The number of rotatable bonds is 4. The van der Waals surface area contributed by atoms with E-state index in [2.05, 4.69) is 20.7 Å². The van der Waals surface area contributed by atoms with E-state index in [9.17, 15) is 14.9 Å². The molecule has 21 heavy (non-hydrogen) atoms. The number of amides is 1. The lowest BCUT2D eigenvalue weighted by Gasteiger charge is -1.97. The minimum absolute atomic E-state index is 0.0354. The number of hydrogen-bond donors (Lipinski definition) is 2. The first-order chi connectivity index (χ1) is 9.97. The summed E-state index contributed by atoms with van der Waals surface area (Å²) < 4.78 is 0. The molecule has 2 rings (SSSR count). The number of aromatic nitrogens is 2. The van der Waals surface area contributed by atoms with Crippen LogP contribution in [0, 0.1) is 17.0 Å². The maximum Gasteiger partial charge on any atom is 0.291 e. The molecule has 1 amide bonds. The highest BCUT2D eigenvalue weighted by Gasteiger charge is 2.12. The van der Waals surface area contributed by atoms with E-state index in [4.69, 9.17) is 11.6 Å². The Morgan fingerprint density at radius 2 is 2.29 bits per heavy atom. The maximum atomic E-state index is 11.6. The highest BCUT2D eigenvalue weighted by atomic mass is 35.5. The van der Waals surface area contributed by atoms with Crippen LogP contribution < -0.4 is 5.43 Å². The maximum absolute atomic E-state index is 11.6. The Balaban J connectivity index is 2.06. The number of nitro groups is 1. The number of hydrogen-bond acceptors (Lipinski definition) is 5. The number of carbonyl (C=O) groups excluding carboxylic acids is 1. The molecule has 0 aliphatic rings. The van der Waals surface area contributed by atoms with Crippen LogP contribution in [0.15, 0.2) is 29.4 Å². The first-order valence-electron chi connectivity index (χ1n) is 5.76. The Kier molecular flexibility index (Phi) is 4.29. The lowest BCUT2D eigenvalue weighted by Crippen LogP contribution is -2.18. The zero-order valence-corrected chi connectivity index (χ0v) is 11.6. The second kappa shape index (κ2) is 6.14. The summed E-state index contributed by atoms with van der Waals surface area (Å²) in [6, 6.07) is 5.76. The van der Waals surface area contributed by atoms with Crippen LogP contribution in [0.4, 0.5) is 5.69 Å². The third-order valence-electron chi connectivity index (χ3n) is 2.49. The number of hydrazone groups is 1.